The van der Waals surface area contributed by atoms with E-state index in [-0.39, 0.29) is 5.91 Å². The number of hydrogen-bond donors (Lipinski definition) is 3. The van der Waals surface area contributed by atoms with Crippen molar-refractivity contribution in [3.63, 3.8) is 0 Å². The van der Waals surface area contributed by atoms with Crippen LogP contribution in [0.2, 0.25) is 0 Å². The third-order valence-corrected chi connectivity index (χ3v) is 4.76. The summed E-state index contributed by atoms with van der Waals surface area (Å²) in [6.45, 7) is 6.66. The van der Waals surface area contributed by atoms with Crippen molar-refractivity contribution in [1.82, 2.24) is 16.0 Å². The maximum Gasteiger partial charge on any atom is 0.251 e. The molecule has 0 aliphatic rings. The molecule has 0 radical (unpaired) electrons. The number of carbonyl (C=O) groups is 1. The number of benzene rings is 1. The van der Waals surface area contributed by atoms with Crippen molar-refractivity contribution in [1.29, 1.82) is 0 Å². The monoisotopic (exact) mass is 374 g/mol. The second kappa shape index (κ2) is 10.5. The Kier molecular flexibility index (Phi) is 7.95. The molecule has 0 saturated carbocycles. The van der Waals surface area contributed by atoms with E-state index >= 15 is 0 Å². The summed E-state index contributed by atoms with van der Waals surface area (Å²) in [5, 5.41) is 11.4. The number of nitrogens with zero attached hydrogens (tertiary/aromatic N) is 1. The van der Waals surface area contributed by atoms with Crippen molar-refractivity contribution in [2.24, 2.45) is 4.99 Å². The Labute approximate surface area is 158 Å². The highest BCUT2D eigenvalue weighted by molar-refractivity contribution is 7.10. The molecule has 0 fully saturated rings. The molecule has 1 aromatic carbocycles. The molecular weight excluding hydrogens is 348 g/mol. The highest BCUT2D eigenvalue weighted by Gasteiger charge is 2.05. The minimum absolute atomic E-state index is 0.106. The predicted octanol–water partition coefficient (Wildman–Crippen LogP) is 2.55. The molecule has 0 aliphatic carbocycles. The van der Waals surface area contributed by atoms with Gasteiger partial charge in [-0.1, -0.05) is 0 Å². The zero-order valence-electron chi connectivity index (χ0n) is 15.5. The molecule has 1 heterocycles. The Morgan fingerprint density at radius 2 is 1.85 bits per heavy atom. The van der Waals surface area contributed by atoms with E-state index in [0.29, 0.717) is 25.2 Å². The van der Waals surface area contributed by atoms with Gasteiger partial charge in [0.2, 0.25) is 0 Å². The van der Waals surface area contributed by atoms with Gasteiger partial charge in [0.15, 0.2) is 5.96 Å². The molecule has 2 aromatic rings. The molecule has 26 heavy (non-hydrogen) atoms. The number of hydrogen-bond acceptors (Lipinski definition) is 4. The molecule has 0 unspecified atom stereocenters. The van der Waals surface area contributed by atoms with Gasteiger partial charge in [0.25, 0.3) is 5.91 Å². The van der Waals surface area contributed by atoms with Crippen LogP contribution in [0.15, 0.2) is 40.7 Å². The van der Waals surface area contributed by atoms with E-state index in [2.05, 4.69) is 39.3 Å². The van der Waals surface area contributed by atoms with Crippen LogP contribution in [0.25, 0.3) is 0 Å². The lowest BCUT2D eigenvalue weighted by molar-refractivity contribution is 0.0954. The smallest absolute Gasteiger partial charge is 0.251 e. The predicted molar refractivity (Wildman–Crippen MR) is 107 cm³/mol. The van der Waals surface area contributed by atoms with E-state index in [1.807, 2.05) is 6.92 Å². The maximum atomic E-state index is 12.1. The van der Waals surface area contributed by atoms with Gasteiger partial charge in [-0.15, -0.1) is 11.3 Å². The number of rotatable bonds is 8. The van der Waals surface area contributed by atoms with Crippen molar-refractivity contribution < 1.29 is 9.53 Å². The first-order valence-electron chi connectivity index (χ1n) is 8.61. The number of carbonyl (C=O) groups excluding carboxylic acids is 1. The topological polar surface area (TPSA) is 74.8 Å². The fourth-order valence-corrected chi connectivity index (χ4v) is 3.09. The van der Waals surface area contributed by atoms with Gasteiger partial charge in [-0.25, -0.2) is 4.99 Å². The number of methoxy groups -OCH3 is 1. The van der Waals surface area contributed by atoms with Crippen LogP contribution in [0, 0.1) is 6.92 Å². The zero-order valence-corrected chi connectivity index (χ0v) is 16.3. The molecule has 140 valence electrons. The molecule has 3 N–H and O–H groups in total. The van der Waals surface area contributed by atoms with Crippen LogP contribution in [0.4, 0.5) is 0 Å². The van der Waals surface area contributed by atoms with Crippen LogP contribution in [0.1, 0.15) is 27.7 Å². The van der Waals surface area contributed by atoms with Crippen molar-refractivity contribution in [3.05, 3.63) is 51.7 Å². The summed E-state index contributed by atoms with van der Waals surface area (Å²) < 4.78 is 5.09. The number of guanidine groups is 1. The average molecular weight is 375 g/mol. The highest BCUT2D eigenvalue weighted by Crippen LogP contribution is 2.16. The summed E-state index contributed by atoms with van der Waals surface area (Å²) in [6.07, 6.45) is 0. The van der Waals surface area contributed by atoms with Crippen molar-refractivity contribution in [3.8, 4) is 5.75 Å². The van der Waals surface area contributed by atoms with Crippen LogP contribution in [0.5, 0.6) is 5.75 Å². The van der Waals surface area contributed by atoms with E-state index in [4.69, 9.17) is 4.74 Å². The molecule has 0 saturated heterocycles. The van der Waals surface area contributed by atoms with Gasteiger partial charge in [-0.05, 0) is 55.1 Å². The van der Waals surface area contributed by atoms with Crippen molar-refractivity contribution in [2.75, 3.05) is 26.7 Å². The highest BCUT2D eigenvalue weighted by atomic mass is 32.1. The third kappa shape index (κ3) is 6.07. The molecule has 6 nitrogen and oxygen atoms in total. The van der Waals surface area contributed by atoms with Crippen LogP contribution in [-0.2, 0) is 6.54 Å². The normalized spacial score (nSPS) is 11.1. The fourth-order valence-electron chi connectivity index (χ4n) is 2.26. The lowest BCUT2D eigenvalue weighted by Crippen LogP contribution is -2.41. The van der Waals surface area contributed by atoms with Crippen molar-refractivity contribution in [2.45, 2.75) is 20.4 Å². The first kappa shape index (κ1) is 19.8. The van der Waals surface area contributed by atoms with E-state index in [1.54, 1.807) is 42.7 Å². The van der Waals surface area contributed by atoms with Gasteiger partial charge in [-0.3, -0.25) is 4.79 Å². The lowest BCUT2D eigenvalue weighted by Gasteiger charge is -2.12. The minimum Gasteiger partial charge on any atom is -0.497 e. The Morgan fingerprint density at radius 3 is 2.46 bits per heavy atom. The number of amides is 1. The molecule has 1 aromatic heterocycles. The summed E-state index contributed by atoms with van der Waals surface area (Å²) in [6, 6.07) is 9.14. The van der Waals surface area contributed by atoms with Gasteiger partial charge in [0.1, 0.15) is 5.75 Å². The third-order valence-electron chi connectivity index (χ3n) is 3.75. The number of nitrogens with one attached hydrogen (secondary N) is 3. The van der Waals surface area contributed by atoms with Crippen LogP contribution < -0.4 is 20.7 Å². The maximum absolute atomic E-state index is 12.1. The molecule has 0 spiro atoms. The van der Waals surface area contributed by atoms with E-state index in [1.165, 1.54) is 10.4 Å². The quantitative estimate of drug-likeness (QED) is 0.377. The Morgan fingerprint density at radius 1 is 1.12 bits per heavy atom. The van der Waals surface area contributed by atoms with Gasteiger partial charge < -0.3 is 20.7 Å². The van der Waals surface area contributed by atoms with E-state index < -0.39 is 0 Å². The second-order valence-electron chi connectivity index (χ2n) is 5.63. The first-order chi connectivity index (χ1) is 12.6. The summed E-state index contributed by atoms with van der Waals surface area (Å²) in [5.41, 5.74) is 1.88. The van der Waals surface area contributed by atoms with E-state index in [9.17, 15) is 4.79 Å². The largest absolute Gasteiger partial charge is 0.497 e. The summed E-state index contributed by atoms with van der Waals surface area (Å²) in [4.78, 5) is 18.0. The molecule has 0 aliphatic heterocycles. The number of thiophene rings is 1. The fraction of sp³-hybridized carbons (Fsp3) is 0.368. The Hall–Kier alpha value is -2.54. The van der Waals surface area contributed by atoms with Crippen molar-refractivity contribution >= 4 is 23.2 Å². The summed E-state index contributed by atoms with van der Waals surface area (Å²) in [5.74, 6) is 1.38. The van der Waals surface area contributed by atoms with Gasteiger partial charge >= 0.3 is 0 Å². The average Bonchev–Trinajstić information content (AvgIpc) is 3.07. The summed E-state index contributed by atoms with van der Waals surface area (Å²) >= 11 is 1.71. The molecule has 0 bridgehead atoms. The minimum atomic E-state index is -0.106. The van der Waals surface area contributed by atoms with Gasteiger partial charge in [0.05, 0.1) is 13.7 Å². The molecule has 1 amide bonds. The standard InChI is InChI=1S/C19H26N4O2S/c1-4-20-19(23-13-17-14(2)9-12-26-17)22-11-10-21-18(24)15-5-7-16(25-3)8-6-15/h5-9,12H,4,10-11,13H2,1-3H3,(H,21,24)(H2,20,22,23). The van der Waals surface area contributed by atoms with Gasteiger partial charge in [0, 0.05) is 30.1 Å². The summed E-state index contributed by atoms with van der Waals surface area (Å²) in [7, 11) is 1.60. The molecule has 2 rings (SSSR count). The van der Waals surface area contributed by atoms with Gasteiger partial charge in [-0.2, -0.15) is 0 Å². The lowest BCUT2D eigenvalue weighted by atomic mass is 10.2. The second-order valence-corrected chi connectivity index (χ2v) is 6.63. The Balaban J connectivity index is 1.77. The van der Waals surface area contributed by atoms with Crippen LogP contribution in [0.3, 0.4) is 0 Å². The van der Waals surface area contributed by atoms with Crippen LogP contribution >= 0.6 is 11.3 Å². The number of aliphatic imine (C=N–C) groups is 1. The number of aryl methyl sites for hydroxylation is 1. The zero-order chi connectivity index (χ0) is 18.8. The molecule has 0 atom stereocenters. The van der Waals surface area contributed by atoms with Crippen LogP contribution in [-0.4, -0.2) is 38.6 Å². The SMILES string of the molecule is CCNC(=NCc1sccc1C)NCCNC(=O)c1ccc(OC)cc1. The Bertz CT molecular complexity index is 725. The number of ether oxygens (including phenoxy) is 1. The molecule has 7 heteroatoms. The molecular formula is C19H26N4O2S. The van der Waals surface area contributed by atoms with E-state index in [0.717, 1.165) is 18.3 Å². The first-order valence-corrected chi connectivity index (χ1v) is 9.49.